The molecule has 0 aliphatic carbocycles. The summed E-state index contributed by atoms with van der Waals surface area (Å²) in [7, 11) is 0. The summed E-state index contributed by atoms with van der Waals surface area (Å²) in [5.74, 6) is 0.167. The fraction of sp³-hybridized carbons (Fsp3) is 0.167. The summed E-state index contributed by atoms with van der Waals surface area (Å²) in [6.07, 6.45) is 0.0231. The van der Waals surface area contributed by atoms with Gasteiger partial charge in [0.05, 0.1) is 6.26 Å². The van der Waals surface area contributed by atoms with Crippen LogP contribution in [0.3, 0.4) is 0 Å². The molecular weight excluding hydrogens is 156 g/mol. The fourth-order valence-electron chi connectivity index (χ4n) is 0.559. The van der Waals surface area contributed by atoms with Crippen LogP contribution in [0, 0.1) is 0 Å². The van der Waals surface area contributed by atoms with Gasteiger partial charge in [0, 0.05) is 0 Å². The van der Waals surface area contributed by atoms with Gasteiger partial charge in [-0.25, -0.2) is 0 Å². The van der Waals surface area contributed by atoms with E-state index in [1.807, 2.05) is 0 Å². The highest BCUT2D eigenvalue weighted by Gasteiger charge is 2.16. The van der Waals surface area contributed by atoms with Crippen LogP contribution < -0.4 is 0 Å². The third kappa shape index (κ3) is 1.37. The quantitative estimate of drug-likeness (QED) is 0.659. The Morgan fingerprint density at radius 1 is 1.80 bits per heavy atom. The highest BCUT2D eigenvalue weighted by molar-refractivity contribution is 6.64. The van der Waals surface area contributed by atoms with Crippen molar-refractivity contribution in [2.24, 2.45) is 0 Å². The predicted octanol–water partition coefficient (Wildman–Crippen LogP) is 1.08. The maximum absolute atomic E-state index is 10.3. The number of carbonyl (C=O) groups is 1. The average Bonchev–Trinajstić information content (AvgIpc) is 2.36. The van der Waals surface area contributed by atoms with Gasteiger partial charge in [0.15, 0.2) is 6.10 Å². The maximum atomic E-state index is 10.3. The van der Waals surface area contributed by atoms with Gasteiger partial charge in [0.1, 0.15) is 5.76 Å². The van der Waals surface area contributed by atoms with Gasteiger partial charge in [-0.1, -0.05) is 0 Å². The molecule has 0 aliphatic heterocycles. The molecule has 0 saturated heterocycles. The number of rotatable bonds is 2. The molecule has 1 heterocycles. The zero-order chi connectivity index (χ0) is 7.56. The number of halogens is 1. The molecular formula is C6H5ClO3. The normalized spacial score (nSPS) is 13.0. The lowest BCUT2D eigenvalue weighted by Crippen LogP contribution is -2.03. The third-order valence-electron chi connectivity index (χ3n) is 1.03. The van der Waals surface area contributed by atoms with Crippen molar-refractivity contribution in [1.82, 2.24) is 0 Å². The molecule has 0 spiro atoms. The van der Waals surface area contributed by atoms with E-state index in [-0.39, 0.29) is 5.76 Å². The topological polar surface area (TPSA) is 50.4 Å². The zero-order valence-electron chi connectivity index (χ0n) is 4.95. The highest BCUT2D eigenvalue weighted by atomic mass is 35.5. The first-order chi connectivity index (χ1) is 4.72. The molecule has 10 heavy (non-hydrogen) atoms. The molecule has 1 aromatic rings. The van der Waals surface area contributed by atoms with Crippen molar-refractivity contribution < 1.29 is 14.3 Å². The van der Waals surface area contributed by atoms with E-state index in [4.69, 9.17) is 21.1 Å². The van der Waals surface area contributed by atoms with Crippen molar-refractivity contribution in [2.75, 3.05) is 0 Å². The second-order valence-corrected chi connectivity index (χ2v) is 2.09. The molecule has 0 fully saturated rings. The average molecular weight is 161 g/mol. The van der Waals surface area contributed by atoms with E-state index >= 15 is 0 Å². The number of hydrogen-bond acceptors (Lipinski definition) is 3. The smallest absolute Gasteiger partial charge is 0.258 e. The molecule has 54 valence electrons. The lowest BCUT2D eigenvalue weighted by Gasteiger charge is -1.97. The van der Waals surface area contributed by atoms with Gasteiger partial charge >= 0.3 is 0 Å². The Hall–Kier alpha value is -0.800. The number of aliphatic hydroxyl groups is 1. The van der Waals surface area contributed by atoms with Crippen LogP contribution in [0.4, 0.5) is 0 Å². The van der Waals surface area contributed by atoms with Crippen LogP contribution in [0.25, 0.3) is 0 Å². The summed E-state index contributed by atoms with van der Waals surface area (Å²) in [6.45, 7) is 0. The molecule has 0 radical (unpaired) electrons. The van der Waals surface area contributed by atoms with Crippen LogP contribution in [-0.4, -0.2) is 10.3 Å². The molecule has 0 amide bonds. The van der Waals surface area contributed by atoms with Crippen LogP contribution >= 0.6 is 11.6 Å². The van der Waals surface area contributed by atoms with Crippen molar-refractivity contribution in [3.8, 4) is 0 Å². The Bertz CT molecular complexity index is 217. The second kappa shape index (κ2) is 2.86. The van der Waals surface area contributed by atoms with Crippen molar-refractivity contribution in [3.05, 3.63) is 24.2 Å². The van der Waals surface area contributed by atoms with Crippen molar-refractivity contribution in [2.45, 2.75) is 6.10 Å². The summed E-state index contributed by atoms with van der Waals surface area (Å²) >= 11 is 4.97. The van der Waals surface area contributed by atoms with Crippen molar-refractivity contribution in [3.63, 3.8) is 0 Å². The van der Waals surface area contributed by atoms with Crippen molar-refractivity contribution in [1.29, 1.82) is 0 Å². The highest BCUT2D eigenvalue weighted by Crippen LogP contribution is 2.14. The first kappa shape index (κ1) is 7.31. The van der Waals surface area contributed by atoms with E-state index in [2.05, 4.69) is 0 Å². The molecule has 0 aromatic carbocycles. The maximum Gasteiger partial charge on any atom is 0.258 e. The van der Waals surface area contributed by atoms with Crippen LogP contribution in [-0.2, 0) is 4.79 Å². The van der Waals surface area contributed by atoms with Gasteiger partial charge < -0.3 is 9.52 Å². The molecule has 0 saturated carbocycles. The second-order valence-electron chi connectivity index (χ2n) is 1.72. The summed E-state index contributed by atoms with van der Waals surface area (Å²) in [6, 6.07) is 3.04. The molecule has 3 nitrogen and oxygen atoms in total. The zero-order valence-corrected chi connectivity index (χ0v) is 5.71. The van der Waals surface area contributed by atoms with Crippen LogP contribution in [0.1, 0.15) is 11.9 Å². The molecule has 1 unspecified atom stereocenters. The minimum absolute atomic E-state index is 0.167. The molecule has 1 aromatic heterocycles. The van der Waals surface area contributed by atoms with Gasteiger partial charge in [-0.15, -0.1) is 0 Å². The standard InChI is InChI=1S/C6H5ClO3/c7-6(9)5(8)4-2-1-3-10-4/h1-3,5,8H. The van der Waals surface area contributed by atoms with Crippen LogP contribution in [0.5, 0.6) is 0 Å². The Kier molecular flexibility index (Phi) is 2.09. The summed E-state index contributed by atoms with van der Waals surface area (Å²) in [4.78, 5) is 10.3. The summed E-state index contributed by atoms with van der Waals surface area (Å²) in [5.41, 5.74) is 0. The lowest BCUT2D eigenvalue weighted by atomic mass is 10.3. The van der Waals surface area contributed by atoms with E-state index in [1.165, 1.54) is 12.3 Å². The monoisotopic (exact) mass is 160 g/mol. The van der Waals surface area contributed by atoms with Gasteiger partial charge in [-0.3, -0.25) is 4.79 Å². The largest absolute Gasteiger partial charge is 0.466 e. The third-order valence-corrected chi connectivity index (χ3v) is 1.23. The number of hydrogen-bond donors (Lipinski definition) is 1. The minimum atomic E-state index is -1.34. The van der Waals surface area contributed by atoms with E-state index in [9.17, 15) is 4.79 Å². The number of carbonyl (C=O) groups excluding carboxylic acids is 1. The van der Waals surface area contributed by atoms with E-state index in [1.54, 1.807) is 6.07 Å². The molecule has 1 rings (SSSR count). The Morgan fingerprint density at radius 3 is 2.90 bits per heavy atom. The van der Waals surface area contributed by atoms with Crippen molar-refractivity contribution >= 4 is 16.8 Å². The number of aliphatic hydroxyl groups excluding tert-OH is 1. The first-order valence-electron chi connectivity index (χ1n) is 2.62. The summed E-state index contributed by atoms with van der Waals surface area (Å²) < 4.78 is 4.70. The van der Waals surface area contributed by atoms with E-state index in [0.717, 1.165) is 0 Å². The van der Waals surface area contributed by atoms with Gasteiger partial charge in [-0.2, -0.15) is 0 Å². The first-order valence-corrected chi connectivity index (χ1v) is 3.00. The van der Waals surface area contributed by atoms with Crippen LogP contribution in [0.15, 0.2) is 22.8 Å². The Morgan fingerprint density at radius 2 is 2.50 bits per heavy atom. The van der Waals surface area contributed by atoms with Crippen LogP contribution in [0.2, 0.25) is 0 Å². The van der Waals surface area contributed by atoms with E-state index in [0.29, 0.717) is 0 Å². The lowest BCUT2D eigenvalue weighted by molar-refractivity contribution is -0.120. The Balaban J connectivity index is 2.77. The van der Waals surface area contributed by atoms with E-state index < -0.39 is 11.3 Å². The molecule has 1 N–H and O–H groups in total. The minimum Gasteiger partial charge on any atom is -0.466 e. The molecule has 1 atom stereocenters. The SMILES string of the molecule is O=C(Cl)C(O)c1ccco1. The predicted molar refractivity (Wildman–Crippen MR) is 34.5 cm³/mol. The van der Waals surface area contributed by atoms with Gasteiger partial charge in [0.2, 0.25) is 0 Å². The molecule has 4 heteroatoms. The molecule has 0 bridgehead atoms. The molecule has 0 aliphatic rings. The summed E-state index contributed by atoms with van der Waals surface area (Å²) in [5, 5.41) is 8.07. The van der Waals surface area contributed by atoms with Gasteiger partial charge in [-0.05, 0) is 23.7 Å². The number of furan rings is 1. The Labute approximate surface area is 62.2 Å². The van der Waals surface area contributed by atoms with Gasteiger partial charge in [0.25, 0.3) is 5.24 Å². The fourth-order valence-corrected chi connectivity index (χ4v) is 0.666.